The van der Waals surface area contributed by atoms with Gasteiger partial charge in [0.05, 0.1) is 10.0 Å². The standard InChI is InChI=1S/C20H24Cl2N4O4S2.2ClH/c21-19-15-11-25(7-5-13(15)1-3-17(19)31(23,27)28)9-10-26-8-6-14-2-4-18(32(24,29)30)20(22)16(14)12-26;;/h1-4H,5-12H2,(H2,23,27,28)(H2,24,29,30);2*1H. The molecule has 0 radical (unpaired) electrons. The molecule has 0 saturated carbocycles. The maximum atomic E-state index is 11.8. The Morgan fingerprint density at radius 1 is 0.706 bits per heavy atom. The summed E-state index contributed by atoms with van der Waals surface area (Å²) in [4.78, 5) is 4.35. The predicted octanol–water partition coefficient (Wildman–Crippen LogP) is 2.55. The van der Waals surface area contributed by atoms with Gasteiger partial charge in [-0.25, -0.2) is 27.1 Å². The van der Waals surface area contributed by atoms with Gasteiger partial charge in [0.1, 0.15) is 9.79 Å². The van der Waals surface area contributed by atoms with E-state index in [0.29, 0.717) is 13.1 Å². The van der Waals surface area contributed by atoms with Crippen LogP contribution in [-0.2, 0) is 46.0 Å². The predicted molar refractivity (Wildman–Crippen MR) is 138 cm³/mol. The molecule has 34 heavy (non-hydrogen) atoms. The van der Waals surface area contributed by atoms with Crippen molar-refractivity contribution in [2.45, 2.75) is 35.7 Å². The van der Waals surface area contributed by atoms with Crippen LogP contribution < -0.4 is 10.3 Å². The largest absolute Gasteiger partial charge is 0.297 e. The second-order valence-electron chi connectivity index (χ2n) is 8.17. The molecule has 2 aliphatic rings. The summed E-state index contributed by atoms with van der Waals surface area (Å²) in [7, 11) is -7.77. The number of fused-ring (bicyclic) bond motifs is 2. The quantitative estimate of drug-likeness (QED) is 0.550. The second-order valence-corrected chi connectivity index (χ2v) is 12.0. The lowest BCUT2D eigenvalue weighted by Gasteiger charge is -2.34. The fraction of sp³-hybridized carbons (Fsp3) is 0.400. The van der Waals surface area contributed by atoms with Gasteiger partial charge in [-0.3, -0.25) is 9.80 Å². The van der Waals surface area contributed by atoms with Crippen LogP contribution in [0, 0.1) is 0 Å². The Hall–Kier alpha value is -0.660. The molecule has 0 aromatic heterocycles. The molecule has 2 heterocycles. The highest BCUT2D eigenvalue weighted by Gasteiger charge is 2.26. The number of halogens is 4. The zero-order valence-electron chi connectivity index (χ0n) is 18.0. The van der Waals surface area contributed by atoms with Gasteiger partial charge in [-0.1, -0.05) is 35.3 Å². The molecule has 0 atom stereocenters. The molecule has 8 nitrogen and oxygen atoms in total. The van der Waals surface area contributed by atoms with Crippen molar-refractivity contribution in [3.05, 3.63) is 56.6 Å². The van der Waals surface area contributed by atoms with E-state index in [2.05, 4.69) is 9.80 Å². The molecule has 0 unspecified atom stereocenters. The number of rotatable bonds is 5. The van der Waals surface area contributed by atoms with Crippen molar-refractivity contribution in [3.8, 4) is 0 Å². The number of hydrogen-bond acceptors (Lipinski definition) is 6. The van der Waals surface area contributed by atoms with Crippen molar-refractivity contribution in [1.82, 2.24) is 9.80 Å². The maximum absolute atomic E-state index is 11.8. The average molecular weight is 592 g/mol. The van der Waals surface area contributed by atoms with Crippen molar-refractivity contribution in [1.29, 1.82) is 0 Å². The summed E-state index contributed by atoms with van der Waals surface area (Å²) in [6.45, 7) is 4.24. The number of primary sulfonamides is 2. The normalized spacial score (nSPS) is 16.7. The van der Waals surface area contributed by atoms with Crippen LogP contribution in [0.2, 0.25) is 10.0 Å². The molecule has 4 rings (SSSR count). The minimum absolute atomic E-state index is 0. The molecule has 2 aromatic carbocycles. The minimum Gasteiger partial charge on any atom is -0.297 e. The SMILES string of the molecule is Cl.Cl.NS(=O)(=O)c1ccc2c(c1Cl)CN(CCN1CCc3ccc(S(N)(=O)=O)c(Cl)c3C1)CC2. The summed E-state index contributed by atoms with van der Waals surface area (Å²) in [6.07, 6.45) is 1.54. The summed E-state index contributed by atoms with van der Waals surface area (Å²) >= 11 is 12.8. The zero-order chi connectivity index (χ0) is 23.3. The van der Waals surface area contributed by atoms with Crippen LogP contribution in [0.1, 0.15) is 22.3 Å². The van der Waals surface area contributed by atoms with Gasteiger partial charge in [0, 0.05) is 39.3 Å². The van der Waals surface area contributed by atoms with Gasteiger partial charge in [-0.05, 0) is 47.2 Å². The molecule has 0 amide bonds. The molecule has 0 spiro atoms. The van der Waals surface area contributed by atoms with E-state index in [1.807, 2.05) is 0 Å². The summed E-state index contributed by atoms with van der Waals surface area (Å²) in [5.41, 5.74) is 3.67. The van der Waals surface area contributed by atoms with Crippen molar-refractivity contribution in [2.24, 2.45) is 10.3 Å². The van der Waals surface area contributed by atoms with Gasteiger partial charge in [0.2, 0.25) is 20.0 Å². The average Bonchev–Trinajstić information content (AvgIpc) is 2.71. The monoisotopic (exact) mass is 590 g/mol. The zero-order valence-corrected chi connectivity index (χ0v) is 22.8. The molecular weight excluding hydrogens is 566 g/mol. The Balaban J connectivity index is 0.00000204. The third kappa shape index (κ3) is 6.18. The molecule has 2 aliphatic heterocycles. The van der Waals surface area contributed by atoms with Gasteiger partial charge < -0.3 is 0 Å². The van der Waals surface area contributed by atoms with Gasteiger partial charge in [-0.15, -0.1) is 24.8 Å². The highest BCUT2D eigenvalue weighted by molar-refractivity contribution is 7.89. The first-order chi connectivity index (χ1) is 14.9. The highest BCUT2D eigenvalue weighted by atomic mass is 35.5. The number of sulfonamides is 2. The summed E-state index contributed by atoms with van der Waals surface area (Å²) in [5, 5.41) is 11.0. The smallest absolute Gasteiger partial charge is 0.239 e. The van der Waals surface area contributed by atoms with Crippen LogP contribution in [0.25, 0.3) is 0 Å². The third-order valence-corrected chi connectivity index (χ3v) is 9.11. The molecule has 0 bridgehead atoms. The Kier molecular flexibility index (Phi) is 9.71. The lowest BCUT2D eigenvalue weighted by atomic mass is 9.99. The maximum Gasteiger partial charge on any atom is 0.239 e. The summed E-state index contributed by atoms with van der Waals surface area (Å²) in [6, 6.07) is 6.50. The van der Waals surface area contributed by atoms with Crippen LogP contribution in [0.15, 0.2) is 34.1 Å². The first-order valence-corrected chi connectivity index (χ1v) is 13.9. The Morgan fingerprint density at radius 3 is 1.38 bits per heavy atom. The molecule has 0 fully saturated rings. The fourth-order valence-electron chi connectivity index (χ4n) is 4.36. The molecule has 4 N–H and O–H groups in total. The molecule has 2 aromatic rings. The Bertz CT molecular complexity index is 1190. The topological polar surface area (TPSA) is 127 Å². The van der Waals surface area contributed by atoms with Crippen LogP contribution in [-0.4, -0.2) is 52.8 Å². The van der Waals surface area contributed by atoms with E-state index in [4.69, 9.17) is 33.5 Å². The van der Waals surface area contributed by atoms with E-state index in [1.54, 1.807) is 12.1 Å². The van der Waals surface area contributed by atoms with E-state index in [9.17, 15) is 16.8 Å². The lowest BCUT2D eigenvalue weighted by molar-refractivity contribution is 0.183. The number of nitrogens with two attached hydrogens (primary N) is 2. The second kappa shape index (κ2) is 11.2. The Labute approximate surface area is 222 Å². The van der Waals surface area contributed by atoms with Gasteiger partial charge in [0.25, 0.3) is 0 Å². The highest BCUT2D eigenvalue weighted by Crippen LogP contribution is 2.33. The molecule has 190 valence electrons. The van der Waals surface area contributed by atoms with Crippen molar-refractivity contribution in [3.63, 3.8) is 0 Å². The van der Waals surface area contributed by atoms with Crippen molar-refractivity contribution >= 4 is 68.1 Å². The molecular formula is C20H26Cl4N4O4S2. The third-order valence-electron chi connectivity index (χ3n) is 6.11. The summed E-state index contributed by atoms with van der Waals surface area (Å²) in [5.74, 6) is 0. The van der Waals surface area contributed by atoms with Crippen LogP contribution in [0.5, 0.6) is 0 Å². The van der Waals surface area contributed by atoms with E-state index in [-0.39, 0.29) is 44.7 Å². The van der Waals surface area contributed by atoms with E-state index in [0.717, 1.165) is 61.3 Å². The number of hydrogen-bond donors (Lipinski definition) is 2. The van der Waals surface area contributed by atoms with E-state index < -0.39 is 20.0 Å². The van der Waals surface area contributed by atoms with Gasteiger partial charge in [0.15, 0.2) is 0 Å². The first kappa shape index (κ1) is 29.6. The first-order valence-electron chi connectivity index (χ1n) is 10.1. The molecule has 0 aliphatic carbocycles. The van der Waals surface area contributed by atoms with E-state index in [1.165, 1.54) is 12.1 Å². The minimum atomic E-state index is -3.88. The number of benzene rings is 2. The Morgan fingerprint density at radius 2 is 1.06 bits per heavy atom. The van der Waals surface area contributed by atoms with E-state index >= 15 is 0 Å². The molecule has 14 heteroatoms. The molecule has 0 saturated heterocycles. The van der Waals surface area contributed by atoms with Crippen LogP contribution >= 0.6 is 48.0 Å². The van der Waals surface area contributed by atoms with Crippen LogP contribution in [0.4, 0.5) is 0 Å². The van der Waals surface area contributed by atoms with Crippen molar-refractivity contribution < 1.29 is 16.8 Å². The fourth-order valence-corrected chi connectivity index (χ4v) is 6.75. The van der Waals surface area contributed by atoms with Gasteiger partial charge >= 0.3 is 0 Å². The van der Waals surface area contributed by atoms with Crippen LogP contribution in [0.3, 0.4) is 0 Å². The van der Waals surface area contributed by atoms with Gasteiger partial charge in [-0.2, -0.15) is 0 Å². The summed E-state index contributed by atoms with van der Waals surface area (Å²) < 4.78 is 47.1. The number of nitrogens with zero attached hydrogens (tertiary/aromatic N) is 2. The lowest BCUT2D eigenvalue weighted by Crippen LogP contribution is -2.40. The van der Waals surface area contributed by atoms with Crippen molar-refractivity contribution in [2.75, 3.05) is 26.2 Å².